The Hall–Kier alpha value is -2.67. The Balaban J connectivity index is 2.56. The van der Waals surface area contributed by atoms with Crippen molar-refractivity contribution in [3.63, 3.8) is 0 Å². The first-order valence-electron chi connectivity index (χ1n) is 5.70. The van der Waals surface area contributed by atoms with Crippen LogP contribution in [-0.2, 0) is 14.4 Å². The Morgan fingerprint density at radius 1 is 1.33 bits per heavy atom. The van der Waals surface area contributed by atoms with Crippen LogP contribution in [0.5, 0.6) is 5.75 Å². The van der Waals surface area contributed by atoms with Crippen molar-refractivity contribution in [2.75, 3.05) is 6.61 Å². The summed E-state index contributed by atoms with van der Waals surface area (Å²) in [6.07, 6.45) is 0.125. The molecular formula is C13H9ClN2O5. The molecule has 0 saturated carbocycles. The zero-order valence-corrected chi connectivity index (χ0v) is 11.3. The van der Waals surface area contributed by atoms with Gasteiger partial charge in [-0.15, -0.1) is 0 Å². The predicted molar refractivity (Wildman–Crippen MR) is 73.4 cm³/mol. The lowest BCUT2D eigenvalue weighted by molar-refractivity contribution is -0.131. The number of carbonyl (C=O) groups is 4. The van der Waals surface area contributed by atoms with Crippen molar-refractivity contribution in [3.8, 4) is 5.75 Å². The van der Waals surface area contributed by atoms with Gasteiger partial charge in [0.05, 0.1) is 16.5 Å². The van der Waals surface area contributed by atoms with Gasteiger partial charge in [0.15, 0.2) is 12.9 Å². The summed E-state index contributed by atoms with van der Waals surface area (Å²) in [5.74, 6) is -2.78. The van der Waals surface area contributed by atoms with Crippen LogP contribution in [0.15, 0.2) is 18.2 Å². The quantitative estimate of drug-likeness (QED) is 0.461. The summed E-state index contributed by atoms with van der Waals surface area (Å²) in [6, 6.07) is 4.67. The standard InChI is InChI=1S/C13H9ClN2O5/c14-12-10(11(19)13(15)20)9-7(16-12)2-1-3-8(9)21-5-6(18)4-17/h1-4,16H,5H2,(H2,15,20). The van der Waals surface area contributed by atoms with Gasteiger partial charge in [-0.2, -0.15) is 0 Å². The third kappa shape index (κ3) is 2.77. The van der Waals surface area contributed by atoms with Gasteiger partial charge < -0.3 is 15.5 Å². The van der Waals surface area contributed by atoms with Crippen molar-refractivity contribution in [1.82, 2.24) is 4.98 Å². The Labute approximate surface area is 123 Å². The molecule has 1 aromatic carbocycles. The number of H-pyrrole nitrogens is 1. The number of aldehydes is 1. The van der Waals surface area contributed by atoms with Crippen LogP contribution < -0.4 is 10.5 Å². The van der Waals surface area contributed by atoms with Gasteiger partial charge in [0.2, 0.25) is 5.78 Å². The topological polar surface area (TPSA) is 119 Å². The molecule has 0 aliphatic carbocycles. The van der Waals surface area contributed by atoms with E-state index in [0.29, 0.717) is 5.52 Å². The van der Waals surface area contributed by atoms with E-state index in [2.05, 4.69) is 4.98 Å². The average Bonchev–Trinajstić information content (AvgIpc) is 2.80. The number of ether oxygens (including phenoxy) is 1. The SMILES string of the molecule is NC(=O)C(=O)c1c(Cl)[nH]c2cccc(OCC(=O)C=O)c12. The molecule has 3 N–H and O–H groups in total. The molecule has 0 aliphatic rings. The Morgan fingerprint density at radius 3 is 2.67 bits per heavy atom. The van der Waals surface area contributed by atoms with Crippen LogP contribution in [-0.4, -0.2) is 35.4 Å². The van der Waals surface area contributed by atoms with Gasteiger partial charge in [0.25, 0.3) is 11.7 Å². The minimum absolute atomic E-state index is 0.0634. The zero-order chi connectivity index (χ0) is 15.6. The van der Waals surface area contributed by atoms with Gasteiger partial charge in [-0.1, -0.05) is 17.7 Å². The van der Waals surface area contributed by atoms with E-state index in [9.17, 15) is 19.2 Å². The predicted octanol–water partition coefficient (Wildman–Crippen LogP) is 0.636. The van der Waals surface area contributed by atoms with Gasteiger partial charge in [0.1, 0.15) is 10.9 Å². The molecule has 7 nitrogen and oxygen atoms in total. The normalized spacial score (nSPS) is 10.3. The van der Waals surface area contributed by atoms with E-state index in [1.165, 1.54) is 6.07 Å². The molecule has 1 heterocycles. The van der Waals surface area contributed by atoms with Crippen LogP contribution in [0.3, 0.4) is 0 Å². The van der Waals surface area contributed by atoms with E-state index < -0.39 is 24.1 Å². The molecule has 0 radical (unpaired) electrons. The molecule has 0 unspecified atom stereocenters. The number of nitrogens with one attached hydrogen (secondary N) is 1. The van der Waals surface area contributed by atoms with Crippen LogP contribution in [0.2, 0.25) is 5.15 Å². The zero-order valence-electron chi connectivity index (χ0n) is 10.5. The smallest absolute Gasteiger partial charge is 0.289 e. The number of hydrogen-bond acceptors (Lipinski definition) is 5. The van der Waals surface area contributed by atoms with Crippen LogP contribution in [0.4, 0.5) is 0 Å². The molecule has 0 aliphatic heterocycles. The molecule has 21 heavy (non-hydrogen) atoms. The fraction of sp³-hybridized carbons (Fsp3) is 0.0769. The van der Waals surface area contributed by atoms with Crippen molar-refractivity contribution < 1.29 is 23.9 Å². The van der Waals surface area contributed by atoms with Crippen molar-refractivity contribution in [1.29, 1.82) is 0 Å². The number of carbonyl (C=O) groups excluding carboxylic acids is 4. The lowest BCUT2D eigenvalue weighted by Crippen LogP contribution is -2.23. The van der Waals surface area contributed by atoms with Gasteiger partial charge in [-0.25, -0.2) is 0 Å². The van der Waals surface area contributed by atoms with E-state index >= 15 is 0 Å². The minimum Gasteiger partial charge on any atom is -0.485 e. The molecular weight excluding hydrogens is 300 g/mol. The van der Waals surface area contributed by atoms with Crippen LogP contribution >= 0.6 is 11.6 Å². The van der Waals surface area contributed by atoms with Crippen molar-refractivity contribution in [3.05, 3.63) is 28.9 Å². The first-order chi connectivity index (χ1) is 9.95. The number of fused-ring (bicyclic) bond motifs is 1. The average molecular weight is 309 g/mol. The maximum Gasteiger partial charge on any atom is 0.289 e. The van der Waals surface area contributed by atoms with Gasteiger partial charge in [-0.3, -0.25) is 19.2 Å². The Morgan fingerprint density at radius 2 is 2.05 bits per heavy atom. The number of aromatic nitrogens is 1. The summed E-state index contributed by atoms with van der Waals surface area (Å²) in [5.41, 5.74) is 5.28. The summed E-state index contributed by atoms with van der Waals surface area (Å²) in [4.78, 5) is 46.9. The molecule has 1 aromatic heterocycles. The van der Waals surface area contributed by atoms with Crippen molar-refractivity contribution in [2.24, 2.45) is 5.73 Å². The first kappa shape index (κ1) is 14.7. The Bertz CT molecular complexity index is 765. The monoisotopic (exact) mass is 308 g/mol. The number of amides is 1. The van der Waals surface area contributed by atoms with Gasteiger partial charge in [-0.05, 0) is 12.1 Å². The van der Waals surface area contributed by atoms with Gasteiger partial charge in [0, 0.05) is 0 Å². The van der Waals surface area contributed by atoms with Crippen LogP contribution in [0, 0.1) is 0 Å². The fourth-order valence-electron chi connectivity index (χ4n) is 1.82. The number of Topliss-reactive ketones (excluding diaryl/α,β-unsaturated/α-hetero) is 2. The minimum atomic E-state index is -1.17. The number of aromatic amines is 1. The first-order valence-corrected chi connectivity index (χ1v) is 6.08. The van der Waals surface area contributed by atoms with E-state index in [1.807, 2.05) is 0 Å². The highest BCUT2D eigenvalue weighted by molar-refractivity contribution is 6.49. The van der Waals surface area contributed by atoms with Crippen molar-refractivity contribution >= 4 is 46.3 Å². The largest absolute Gasteiger partial charge is 0.485 e. The molecule has 0 atom stereocenters. The number of nitrogens with two attached hydrogens (primary N) is 1. The number of benzene rings is 1. The second-order valence-corrected chi connectivity index (χ2v) is 4.44. The summed E-state index contributed by atoms with van der Waals surface area (Å²) in [6.45, 7) is -0.490. The summed E-state index contributed by atoms with van der Waals surface area (Å²) in [7, 11) is 0. The van der Waals surface area contributed by atoms with Crippen LogP contribution in [0.25, 0.3) is 10.9 Å². The highest BCUT2D eigenvalue weighted by Gasteiger charge is 2.24. The number of primary amides is 1. The van der Waals surface area contributed by atoms with E-state index in [-0.39, 0.29) is 28.1 Å². The number of halogens is 1. The number of ketones is 2. The Kier molecular flexibility index (Phi) is 4.04. The highest BCUT2D eigenvalue weighted by Crippen LogP contribution is 2.33. The second kappa shape index (κ2) is 5.76. The van der Waals surface area contributed by atoms with E-state index in [0.717, 1.165) is 0 Å². The summed E-state index contributed by atoms with van der Waals surface area (Å²) >= 11 is 5.91. The third-order valence-electron chi connectivity index (χ3n) is 2.69. The lowest BCUT2D eigenvalue weighted by Gasteiger charge is -2.06. The fourth-order valence-corrected chi connectivity index (χ4v) is 2.11. The van der Waals surface area contributed by atoms with Crippen LogP contribution in [0.1, 0.15) is 10.4 Å². The summed E-state index contributed by atoms with van der Waals surface area (Å²) < 4.78 is 5.19. The maximum absolute atomic E-state index is 11.8. The molecule has 108 valence electrons. The lowest BCUT2D eigenvalue weighted by atomic mass is 10.1. The molecule has 0 spiro atoms. The molecule has 8 heteroatoms. The van der Waals surface area contributed by atoms with Gasteiger partial charge >= 0.3 is 0 Å². The number of rotatable bonds is 6. The molecule has 2 aromatic rings. The third-order valence-corrected chi connectivity index (χ3v) is 2.98. The molecule has 0 bridgehead atoms. The molecule has 2 rings (SSSR count). The second-order valence-electron chi connectivity index (χ2n) is 4.06. The molecule has 0 saturated heterocycles. The summed E-state index contributed by atoms with van der Waals surface area (Å²) in [5, 5.41) is 0.163. The van der Waals surface area contributed by atoms with E-state index in [1.54, 1.807) is 12.1 Å². The van der Waals surface area contributed by atoms with E-state index in [4.69, 9.17) is 22.1 Å². The highest BCUT2D eigenvalue weighted by atomic mass is 35.5. The van der Waals surface area contributed by atoms with Crippen molar-refractivity contribution in [2.45, 2.75) is 0 Å². The molecule has 0 fully saturated rings. The number of hydrogen-bond donors (Lipinski definition) is 2. The molecule has 1 amide bonds. The maximum atomic E-state index is 11.8.